The van der Waals surface area contributed by atoms with Crippen LogP contribution >= 0.6 is 0 Å². The van der Waals surface area contributed by atoms with Crippen LogP contribution in [0.1, 0.15) is 244 Å². The Bertz CT molecular complexity index is 2220. The summed E-state index contributed by atoms with van der Waals surface area (Å²) in [6.07, 6.45) is 38.1. The predicted molar refractivity (Wildman–Crippen MR) is 473 cm³/mol. The highest BCUT2D eigenvalue weighted by atomic mass is 16.5. The van der Waals surface area contributed by atoms with Crippen LogP contribution in [0.5, 0.6) is 0 Å². The molecule has 2 atom stereocenters. The Kier molecular flexibility index (Phi) is 93.4. The molecule has 0 aromatic carbocycles. The van der Waals surface area contributed by atoms with E-state index < -0.39 is 0 Å². The molecule has 0 aliphatic carbocycles. The fourth-order valence-corrected chi connectivity index (χ4v) is 12.6. The molecule has 640 valence electrons. The molecule has 0 spiro atoms. The number of allylic oxidation sites excluding steroid dienone is 4. The lowest BCUT2D eigenvalue weighted by atomic mass is 10.2. The second kappa shape index (κ2) is 84.7. The van der Waals surface area contributed by atoms with Gasteiger partial charge in [0.15, 0.2) is 0 Å². The van der Waals surface area contributed by atoms with Crippen LogP contribution < -0.4 is 0 Å². The molecule has 0 N–H and O–H groups in total. The summed E-state index contributed by atoms with van der Waals surface area (Å²) in [5, 5.41) is 0. The third-order valence-electron chi connectivity index (χ3n) is 20.3. The Hall–Kier alpha value is -4.72. The Labute approximate surface area is 677 Å². The minimum atomic E-state index is 0.713. The van der Waals surface area contributed by atoms with Crippen LogP contribution in [0.4, 0.5) is 0 Å². The van der Waals surface area contributed by atoms with E-state index in [4.69, 9.17) is 37.9 Å². The Morgan fingerprint density at radius 2 is 0.389 bits per heavy atom. The average Bonchev–Trinajstić information content (AvgIpc) is 0.942. The van der Waals surface area contributed by atoms with Gasteiger partial charge in [0.2, 0.25) is 0 Å². The van der Waals surface area contributed by atoms with Crippen molar-refractivity contribution in [3.63, 3.8) is 0 Å². The van der Waals surface area contributed by atoms with Crippen molar-refractivity contribution in [2.45, 2.75) is 244 Å². The summed E-state index contributed by atoms with van der Waals surface area (Å²) < 4.78 is 51.1. The highest BCUT2D eigenvalue weighted by molar-refractivity contribution is 4.86. The summed E-state index contributed by atoms with van der Waals surface area (Å²) >= 11 is 0. The molecule has 0 radical (unpaired) electrons. The molecule has 16 nitrogen and oxygen atoms in total. The summed E-state index contributed by atoms with van der Waals surface area (Å²) in [6, 6.07) is 0. The quantitative estimate of drug-likeness (QED) is 0.0258. The molecule has 0 saturated carbocycles. The number of rotatable bonds is 56. The SMILES string of the molecule is C/C=C/OCC[N+](C)(C)C.C/C=C/OCC[N+](CC)(CC)CC.C/C=C/OCC[N+](CC)(CCC)CCC.C/C=C/OCC[N+](CC)(CCC)CCCC.CC#COCC[N+](C)(C)C.CC#COCC[N+](CC)(CC)CC.CC#COCC[N+](CC)(CCC)CCC.CC#COCC[N+](CC)(CCC)CCCC. The number of ether oxygens (including phenoxy) is 8. The topological polar surface area (TPSA) is 73.8 Å². The van der Waals surface area contributed by atoms with E-state index in [1.165, 1.54) is 200 Å². The molecule has 16 heteroatoms. The first-order chi connectivity index (χ1) is 51.6. The zero-order chi connectivity index (χ0) is 84.1. The van der Waals surface area contributed by atoms with E-state index in [-0.39, 0.29) is 0 Å². The first-order valence-electron chi connectivity index (χ1n) is 43.3. The van der Waals surface area contributed by atoms with Gasteiger partial charge in [0.05, 0.1) is 185 Å². The lowest BCUT2D eigenvalue weighted by Gasteiger charge is -2.37. The van der Waals surface area contributed by atoms with E-state index in [9.17, 15) is 0 Å². The summed E-state index contributed by atoms with van der Waals surface area (Å²) in [5.41, 5.74) is 0. The molecule has 0 aromatic rings. The van der Waals surface area contributed by atoms with Crippen LogP contribution in [0.3, 0.4) is 0 Å². The van der Waals surface area contributed by atoms with Crippen LogP contribution in [0.15, 0.2) is 49.4 Å². The van der Waals surface area contributed by atoms with Gasteiger partial charge in [-0.05, 0) is 148 Å². The summed E-state index contributed by atoms with van der Waals surface area (Å²) in [6.45, 7) is 93.0. The van der Waals surface area contributed by atoms with Crippen LogP contribution in [0.2, 0.25) is 0 Å². The molecule has 0 saturated heterocycles. The molecule has 0 aliphatic rings. The maximum Gasteiger partial charge on any atom is 0.149 e. The standard InChI is InChI=1S/C14H30NO.C14H28NO.C13H28NO.C13H26NO.C11H24NO.C11H22NO.C8H18NO.C8H16NO/c2*1-5-9-11-15(8-4,10-6-2)12-14-16-13-7-3;2*1-5-9-14(8-4,10-6-2)11-13-15-12-7-3;2*1-5-10-13-11-9-12(6-2,7-3)8-4;2*1-5-7-10-8-6-9(2,3)4/h7,13H,5-6,8-12,14H2,1-4H3;5-6,8-12,14H2,1-4H3;7,12H,5-6,8-11,13H2,1-4H3;5-6,8-11,13H2,1-4H3;5,10H,6-9,11H2,1-4H3;6-9,11H2,1-4H3;5,7H,6,8H2,1-4H3;6,8H2,1-4H3/q8*+1/b13-7+;;12-7+;;10-5+;;7-5+;. The number of likely N-dealkylation sites (N-methyl/N-ethyl adjacent to an activating group) is 8. The maximum atomic E-state index is 5.47. The summed E-state index contributed by atoms with van der Waals surface area (Å²) in [5.74, 6) is 10.9. The normalized spacial score (nSPS) is 12.3. The van der Waals surface area contributed by atoms with Gasteiger partial charge in [-0.15, -0.1) is 0 Å². The third kappa shape index (κ3) is 76.6. The monoisotopic (exact) mass is 1540 g/mol. The molecule has 0 heterocycles. The number of nitrogens with zero attached hydrogens (tertiary/aromatic N) is 8. The van der Waals surface area contributed by atoms with Gasteiger partial charge >= 0.3 is 0 Å². The van der Waals surface area contributed by atoms with Crippen LogP contribution in [0, 0.1) is 48.1 Å². The van der Waals surface area contributed by atoms with Gasteiger partial charge in [-0.2, -0.15) is 0 Å². The van der Waals surface area contributed by atoms with Crippen molar-refractivity contribution in [3.8, 4) is 48.1 Å². The fourth-order valence-electron chi connectivity index (χ4n) is 12.6. The zero-order valence-corrected chi connectivity index (χ0v) is 78.6. The van der Waals surface area contributed by atoms with E-state index in [1.54, 1.807) is 45.8 Å². The summed E-state index contributed by atoms with van der Waals surface area (Å²) in [4.78, 5) is 0. The molecule has 108 heavy (non-hydrogen) atoms. The van der Waals surface area contributed by atoms with E-state index in [0.717, 1.165) is 117 Å². The highest BCUT2D eigenvalue weighted by Crippen LogP contribution is 2.15. The highest BCUT2D eigenvalue weighted by Gasteiger charge is 2.27. The van der Waals surface area contributed by atoms with Crippen molar-refractivity contribution < 1.29 is 73.8 Å². The predicted octanol–water partition coefficient (Wildman–Crippen LogP) is 18.7. The van der Waals surface area contributed by atoms with E-state index >= 15 is 0 Å². The minimum Gasteiger partial charge on any atom is -0.496 e. The third-order valence-corrected chi connectivity index (χ3v) is 20.3. The number of hydrogen-bond acceptors (Lipinski definition) is 8. The van der Waals surface area contributed by atoms with Gasteiger partial charge in [0.25, 0.3) is 0 Å². The van der Waals surface area contributed by atoms with E-state index in [0.29, 0.717) is 6.61 Å². The molecule has 0 bridgehead atoms. The molecule has 0 amide bonds. The van der Waals surface area contributed by atoms with Gasteiger partial charge in [0.1, 0.15) is 130 Å². The van der Waals surface area contributed by atoms with E-state index in [1.807, 2.05) is 58.9 Å². The molecular weight excluding hydrogens is 1350 g/mol. The number of hydrogen-bond donors (Lipinski definition) is 0. The van der Waals surface area contributed by atoms with Crippen molar-refractivity contribution in [2.24, 2.45) is 0 Å². The van der Waals surface area contributed by atoms with Crippen molar-refractivity contribution in [1.29, 1.82) is 0 Å². The first kappa shape index (κ1) is 119. The second-order valence-corrected chi connectivity index (χ2v) is 30.2. The zero-order valence-electron chi connectivity index (χ0n) is 78.6. The smallest absolute Gasteiger partial charge is 0.149 e. The largest absolute Gasteiger partial charge is 0.496 e. The van der Waals surface area contributed by atoms with Gasteiger partial charge in [-0.3, -0.25) is 0 Å². The van der Waals surface area contributed by atoms with Crippen LogP contribution in [0.25, 0.3) is 0 Å². The molecule has 0 fully saturated rings. The number of unbranched alkanes of at least 4 members (excludes halogenated alkanes) is 2. The van der Waals surface area contributed by atoms with Crippen molar-refractivity contribution in [1.82, 2.24) is 0 Å². The lowest BCUT2D eigenvalue weighted by Crippen LogP contribution is -2.51. The van der Waals surface area contributed by atoms with Gasteiger partial charge in [-0.25, -0.2) is 0 Å². The fraction of sp³-hybridized carbons (Fsp3) is 0.826. The van der Waals surface area contributed by atoms with Crippen molar-refractivity contribution in [3.05, 3.63) is 49.4 Å². The van der Waals surface area contributed by atoms with Crippen molar-refractivity contribution >= 4 is 0 Å². The molecule has 0 rings (SSSR count). The second-order valence-electron chi connectivity index (χ2n) is 30.2. The van der Waals surface area contributed by atoms with Crippen molar-refractivity contribution in [2.75, 3.05) is 265 Å². The Morgan fingerprint density at radius 1 is 0.213 bits per heavy atom. The number of quaternary nitrogens is 8. The first-order valence-corrected chi connectivity index (χ1v) is 43.3. The lowest BCUT2D eigenvalue weighted by molar-refractivity contribution is -0.927. The van der Waals surface area contributed by atoms with E-state index in [2.05, 4.69) is 215 Å². The molecule has 0 aliphatic heterocycles. The van der Waals surface area contributed by atoms with Gasteiger partial charge in [-0.1, -0.05) is 116 Å². The van der Waals surface area contributed by atoms with Gasteiger partial charge in [0, 0.05) is 27.7 Å². The summed E-state index contributed by atoms with van der Waals surface area (Å²) in [7, 11) is 12.8. The average molecular weight is 1540 g/mol. The Morgan fingerprint density at radius 3 is 0.574 bits per heavy atom. The minimum absolute atomic E-state index is 0.713. The van der Waals surface area contributed by atoms with Gasteiger partial charge < -0.3 is 73.8 Å². The molecular formula is C92H192N8O8+8. The molecule has 2 unspecified atom stereocenters. The molecule has 0 aromatic heterocycles. The Balaban J connectivity index is -0.000000177. The maximum absolute atomic E-state index is 5.47. The van der Waals surface area contributed by atoms with Crippen LogP contribution in [-0.2, 0) is 37.9 Å². The van der Waals surface area contributed by atoms with Crippen LogP contribution in [-0.4, -0.2) is 301 Å².